The minimum Gasteiger partial charge on any atom is -0.255 e. The largest absolute Gasteiger partial charge is 0.255 e. The molecule has 1 heteroatoms. The van der Waals surface area contributed by atoms with Gasteiger partial charge in [-0.2, -0.15) is 0 Å². The number of aryl methyl sites for hydroxylation is 3. The quantitative estimate of drug-likeness (QED) is 0.576. The molecule has 0 spiro atoms. The maximum atomic E-state index is 4.75. The normalized spacial score (nSPS) is 11.4. The van der Waals surface area contributed by atoms with Crippen molar-refractivity contribution in [3.63, 3.8) is 0 Å². The van der Waals surface area contributed by atoms with Crippen LogP contribution in [0.5, 0.6) is 0 Å². The van der Waals surface area contributed by atoms with E-state index in [1.807, 2.05) is 6.20 Å². The van der Waals surface area contributed by atoms with Crippen LogP contribution in [0, 0.1) is 26.7 Å². The van der Waals surface area contributed by atoms with Gasteiger partial charge in [0.05, 0.1) is 5.69 Å². The Labute approximate surface area is 139 Å². The van der Waals surface area contributed by atoms with Crippen molar-refractivity contribution in [1.29, 1.82) is 0 Å². The Hall–Kier alpha value is -2.15. The Bertz CT molecular complexity index is 839. The predicted molar refractivity (Wildman–Crippen MR) is 99.9 cm³/mol. The molecule has 0 amide bonds. The second kappa shape index (κ2) is 6.16. The van der Waals surface area contributed by atoms with Gasteiger partial charge in [-0.15, -0.1) is 0 Å². The molecule has 2 aromatic carbocycles. The van der Waals surface area contributed by atoms with Crippen molar-refractivity contribution < 1.29 is 0 Å². The third kappa shape index (κ3) is 3.29. The van der Waals surface area contributed by atoms with Crippen LogP contribution in [0.3, 0.4) is 0 Å². The van der Waals surface area contributed by atoms with E-state index >= 15 is 0 Å². The summed E-state index contributed by atoms with van der Waals surface area (Å²) in [5.41, 5.74) is 7.53. The second-order valence-corrected chi connectivity index (χ2v) is 7.14. The lowest BCUT2D eigenvalue weighted by molar-refractivity contribution is 0.648. The van der Waals surface area contributed by atoms with Crippen LogP contribution in [-0.2, 0) is 6.42 Å². The number of aromatic nitrogens is 1. The van der Waals surface area contributed by atoms with Gasteiger partial charge in [-0.25, -0.2) is 0 Å². The summed E-state index contributed by atoms with van der Waals surface area (Å²) in [6.45, 7) is 11.0. The Balaban J connectivity index is 2.20. The fourth-order valence-electron chi connectivity index (χ4n) is 3.36. The fraction of sp³-hybridized carbons (Fsp3) is 0.318. The van der Waals surface area contributed by atoms with E-state index in [0.29, 0.717) is 5.92 Å². The van der Waals surface area contributed by atoms with Crippen LogP contribution in [-0.4, -0.2) is 4.98 Å². The highest BCUT2D eigenvalue weighted by molar-refractivity contribution is 5.96. The minimum atomic E-state index is 0.675. The van der Waals surface area contributed by atoms with E-state index in [1.165, 1.54) is 38.6 Å². The lowest BCUT2D eigenvalue weighted by Crippen LogP contribution is -1.96. The van der Waals surface area contributed by atoms with Crippen molar-refractivity contribution in [1.82, 2.24) is 4.98 Å². The van der Waals surface area contributed by atoms with Crippen LogP contribution in [0.1, 0.15) is 36.1 Å². The first kappa shape index (κ1) is 15.7. The summed E-state index contributed by atoms with van der Waals surface area (Å²) >= 11 is 0. The molecule has 3 rings (SSSR count). The molecule has 0 aliphatic carbocycles. The summed E-state index contributed by atoms with van der Waals surface area (Å²) in [6.07, 6.45) is 3.13. The molecule has 0 N–H and O–H groups in total. The van der Waals surface area contributed by atoms with Gasteiger partial charge in [-0.3, -0.25) is 4.98 Å². The Morgan fingerprint density at radius 3 is 2.22 bits per heavy atom. The van der Waals surface area contributed by atoms with Crippen molar-refractivity contribution >= 4 is 10.8 Å². The molecular formula is C22H25N. The topological polar surface area (TPSA) is 12.9 Å². The van der Waals surface area contributed by atoms with Crippen LogP contribution >= 0.6 is 0 Å². The van der Waals surface area contributed by atoms with E-state index in [0.717, 1.165) is 12.1 Å². The highest BCUT2D eigenvalue weighted by atomic mass is 14.7. The van der Waals surface area contributed by atoms with Crippen molar-refractivity contribution in [2.24, 2.45) is 5.92 Å². The molecule has 0 atom stereocenters. The molecule has 0 aliphatic heterocycles. The zero-order chi connectivity index (χ0) is 16.6. The number of hydrogen-bond acceptors (Lipinski definition) is 1. The molecule has 118 valence electrons. The van der Waals surface area contributed by atoms with Crippen molar-refractivity contribution in [2.75, 3.05) is 0 Å². The number of fused-ring (bicyclic) bond motifs is 1. The molecule has 0 radical (unpaired) electrons. The number of pyridine rings is 1. The summed E-state index contributed by atoms with van der Waals surface area (Å²) < 4.78 is 0. The van der Waals surface area contributed by atoms with Gasteiger partial charge in [0.25, 0.3) is 0 Å². The molecule has 0 saturated heterocycles. The molecule has 1 heterocycles. The van der Waals surface area contributed by atoms with Crippen molar-refractivity contribution in [3.05, 3.63) is 64.8 Å². The molecule has 1 nitrogen and oxygen atoms in total. The third-order valence-corrected chi connectivity index (χ3v) is 4.29. The molecule has 23 heavy (non-hydrogen) atoms. The first-order valence-corrected chi connectivity index (χ1v) is 8.41. The summed E-state index contributed by atoms with van der Waals surface area (Å²) in [4.78, 5) is 4.75. The number of rotatable bonds is 3. The maximum Gasteiger partial charge on any atom is 0.0780 e. The second-order valence-electron chi connectivity index (χ2n) is 7.14. The van der Waals surface area contributed by atoms with E-state index in [9.17, 15) is 0 Å². The standard InChI is InChI=1S/C22H25N/c1-14(2)8-18-6-7-20-21(12-18)17(5)13-23-22(20)19-10-15(3)9-16(4)11-19/h6-7,9-14H,8H2,1-5H3. The van der Waals surface area contributed by atoms with Crippen LogP contribution in [0.15, 0.2) is 42.6 Å². The predicted octanol–water partition coefficient (Wildman–Crippen LogP) is 6.03. The average Bonchev–Trinajstić information content (AvgIpc) is 2.46. The maximum absolute atomic E-state index is 4.75. The van der Waals surface area contributed by atoms with Crippen LogP contribution in [0.4, 0.5) is 0 Å². The Morgan fingerprint density at radius 2 is 1.57 bits per heavy atom. The van der Waals surface area contributed by atoms with Crippen LogP contribution in [0.25, 0.3) is 22.0 Å². The molecule has 0 aliphatic rings. The highest BCUT2D eigenvalue weighted by Crippen LogP contribution is 2.30. The number of benzene rings is 2. The average molecular weight is 303 g/mol. The molecule has 0 fully saturated rings. The first-order chi connectivity index (χ1) is 10.9. The van der Waals surface area contributed by atoms with Crippen molar-refractivity contribution in [3.8, 4) is 11.3 Å². The van der Waals surface area contributed by atoms with Gasteiger partial charge in [0.1, 0.15) is 0 Å². The monoisotopic (exact) mass is 303 g/mol. The van der Waals surface area contributed by atoms with E-state index in [4.69, 9.17) is 4.98 Å². The molecule has 3 aromatic rings. The Kier molecular flexibility index (Phi) is 4.21. The summed E-state index contributed by atoms with van der Waals surface area (Å²) in [5, 5.41) is 2.58. The number of hydrogen-bond donors (Lipinski definition) is 0. The van der Waals surface area contributed by atoms with Crippen LogP contribution < -0.4 is 0 Å². The fourth-order valence-corrected chi connectivity index (χ4v) is 3.36. The minimum absolute atomic E-state index is 0.675. The molecule has 0 saturated carbocycles. The van der Waals surface area contributed by atoms with Gasteiger partial charge in [-0.05, 0) is 61.8 Å². The summed E-state index contributed by atoms with van der Waals surface area (Å²) in [5.74, 6) is 0.675. The SMILES string of the molecule is Cc1cc(C)cc(-c2ncc(C)c3cc(CC(C)C)ccc23)c1. The smallest absolute Gasteiger partial charge is 0.0780 e. The van der Waals surface area contributed by atoms with E-state index in [1.54, 1.807) is 0 Å². The lowest BCUT2D eigenvalue weighted by atomic mass is 9.95. The van der Waals surface area contributed by atoms with E-state index in [-0.39, 0.29) is 0 Å². The molecule has 0 unspecified atom stereocenters. The van der Waals surface area contributed by atoms with Gasteiger partial charge >= 0.3 is 0 Å². The van der Waals surface area contributed by atoms with Gasteiger partial charge in [0, 0.05) is 17.1 Å². The lowest BCUT2D eigenvalue weighted by Gasteiger charge is -2.12. The van der Waals surface area contributed by atoms with Crippen LogP contribution in [0.2, 0.25) is 0 Å². The number of nitrogens with zero attached hydrogens (tertiary/aromatic N) is 1. The summed E-state index contributed by atoms with van der Waals surface area (Å²) in [6, 6.07) is 13.5. The van der Waals surface area contributed by atoms with Crippen molar-refractivity contribution in [2.45, 2.75) is 41.0 Å². The van der Waals surface area contributed by atoms with Gasteiger partial charge in [0.2, 0.25) is 0 Å². The Morgan fingerprint density at radius 1 is 0.870 bits per heavy atom. The summed E-state index contributed by atoms with van der Waals surface area (Å²) in [7, 11) is 0. The van der Waals surface area contributed by atoms with E-state index in [2.05, 4.69) is 71.0 Å². The highest BCUT2D eigenvalue weighted by Gasteiger charge is 2.10. The molecule has 1 aromatic heterocycles. The third-order valence-electron chi connectivity index (χ3n) is 4.29. The zero-order valence-corrected chi connectivity index (χ0v) is 14.8. The van der Waals surface area contributed by atoms with Gasteiger partial charge in [0.15, 0.2) is 0 Å². The van der Waals surface area contributed by atoms with E-state index < -0.39 is 0 Å². The van der Waals surface area contributed by atoms with Gasteiger partial charge < -0.3 is 0 Å². The molecular weight excluding hydrogens is 278 g/mol. The van der Waals surface area contributed by atoms with Gasteiger partial charge in [-0.1, -0.05) is 49.2 Å². The first-order valence-electron chi connectivity index (χ1n) is 8.41. The zero-order valence-electron chi connectivity index (χ0n) is 14.8. The molecule has 0 bridgehead atoms.